The third-order valence-corrected chi connectivity index (χ3v) is 10.9. The van der Waals surface area contributed by atoms with Gasteiger partial charge in [0.25, 0.3) is 0 Å². The molecule has 11 aromatic rings. The Hall–Kier alpha value is -7.16. The van der Waals surface area contributed by atoms with Crippen molar-refractivity contribution in [3.8, 4) is 55.8 Å². The molecule has 0 unspecified atom stereocenters. The van der Waals surface area contributed by atoms with Gasteiger partial charge < -0.3 is 8.83 Å². The Morgan fingerprint density at radius 3 is 1.44 bits per heavy atom. The topological polar surface area (TPSA) is 26.3 Å². The third-order valence-electron chi connectivity index (χ3n) is 10.9. The molecule has 54 heavy (non-hydrogen) atoms. The van der Waals surface area contributed by atoms with Crippen LogP contribution in [0.5, 0.6) is 0 Å². The fourth-order valence-corrected chi connectivity index (χ4v) is 8.55. The van der Waals surface area contributed by atoms with Crippen LogP contribution in [0.4, 0.5) is 0 Å². The monoisotopic (exact) mass is 688 g/mol. The van der Waals surface area contributed by atoms with Crippen LogP contribution in [0.1, 0.15) is 0 Å². The second-order valence-corrected chi connectivity index (χ2v) is 13.9. The zero-order valence-electron chi connectivity index (χ0n) is 29.3. The summed E-state index contributed by atoms with van der Waals surface area (Å²) in [5, 5.41) is 8.00. The lowest BCUT2D eigenvalue weighted by Gasteiger charge is -2.18. The van der Waals surface area contributed by atoms with Crippen LogP contribution in [0.25, 0.3) is 110 Å². The molecule has 0 atom stereocenters. The Bertz CT molecular complexity index is 3130. The van der Waals surface area contributed by atoms with Gasteiger partial charge in [-0.25, -0.2) is 0 Å². The molecule has 2 heteroatoms. The number of furan rings is 2. The van der Waals surface area contributed by atoms with Gasteiger partial charge in [-0.15, -0.1) is 0 Å². The summed E-state index contributed by atoms with van der Waals surface area (Å²) in [4.78, 5) is 0. The maximum Gasteiger partial charge on any atom is 0.178 e. The van der Waals surface area contributed by atoms with E-state index in [1.807, 2.05) is 6.07 Å². The second kappa shape index (κ2) is 12.2. The maximum absolute atomic E-state index is 6.88. The minimum absolute atomic E-state index is 0.760. The molecule has 0 radical (unpaired) electrons. The predicted octanol–water partition coefficient (Wildman–Crippen LogP) is 15.0. The fourth-order valence-electron chi connectivity index (χ4n) is 8.55. The Kier molecular flexibility index (Phi) is 6.90. The smallest absolute Gasteiger partial charge is 0.178 e. The number of hydrogen-bond acceptors (Lipinski definition) is 2. The van der Waals surface area contributed by atoms with Crippen LogP contribution in [-0.2, 0) is 0 Å². The Morgan fingerprint density at radius 2 is 0.778 bits per heavy atom. The molecule has 2 aromatic heterocycles. The lowest BCUT2D eigenvalue weighted by atomic mass is 9.84. The SMILES string of the molecule is c1ccc(-c2cccc(-c3c4ccccc4c(-c4cccc5oc6c(ccc7c(-c8ccccc8)c(-c8ccccc8)oc76)c45)c4ccccc34)c2)cc1. The largest absolute Gasteiger partial charge is 0.452 e. The van der Waals surface area contributed by atoms with E-state index in [2.05, 4.69) is 188 Å². The lowest BCUT2D eigenvalue weighted by molar-refractivity contribution is 0.612. The number of benzene rings is 9. The summed E-state index contributed by atoms with van der Waals surface area (Å²) >= 11 is 0. The van der Waals surface area contributed by atoms with E-state index in [4.69, 9.17) is 8.83 Å². The van der Waals surface area contributed by atoms with E-state index in [1.165, 1.54) is 49.4 Å². The molecular weight excluding hydrogens is 657 g/mol. The molecule has 0 N–H and O–H groups in total. The van der Waals surface area contributed by atoms with E-state index in [9.17, 15) is 0 Å². The Morgan fingerprint density at radius 1 is 0.278 bits per heavy atom. The molecule has 0 fully saturated rings. The average Bonchev–Trinajstić information content (AvgIpc) is 3.83. The zero-order chi connectivity index (χ0) is 35.6. The molecule has 0 aliphatic rings. The summed E-state index contributed by atoms with van der Waals surface area (Å²) in [5.74, 6) is 0.842. The first-order valence-electron chi connectivity index (χ1n) is 18.4. The van der Waals surface area contributed by atoms with Crippen molar-refractivity contribution >= 4 is 54.5 Å². The van der Waals surface area contributed by atoms with Crippen LogP contribution in [0.15, 0.2) is 203 Å². The minimum Gasteiger partial charge on any atom is -0.452 e. The van der Waals surface area contributed by atoms with Crippen LogP contribution in [0.3, 0.4) is 0 Å². The predicted molar refractivity (Wildman–Crippen MR) is 226 cm³/mol. The second-order valence-electron chi connectivity index (χ2n) is 13.9. The molecule has 0 spiro atoms. The van der Waals surface area contributed by atoms with E-state index < -0.39 is 0 Å². The van der Waals surface area contributed by atoms with E-state index in [0.29, 0.717) is 0 Å². The van der Waals surface area contributed by atoms with Crippen molar-refractivity contribution in [2.45, 2.75) is 0 Å². The molecule has 0 aliphatic carbocycles. The Balaban J connectivity index is 1.19. The van der Waals surface area contributed by atoms with E-state index >= 15 is 0 Å². The quantitative estimate of drug-likeness (QED) is 0.168. The zero-order valence-corrected chi connectivity index (χ0v) is 29.3. The highest BCUT2D eigenvalue weighted by molar-refractivity contribution is 6.27. The van der Waals surface area contributed by atoms with Crippen LogP contribution < -0.4 is 0 Å². The molecule has 0 aliphatic heterocycles. The van der Waals surface area contributed by atoms with Gasteiger partial charge in [-0.2, -0.15) is 0 Å². The average molecular weight is 689 g/mol. The van der Waals surface area contributed by atoms with Gasteiger partial charge in [0.2, 0.25) is 0 Å². The normalized spacial score (nSPS) is 11.7. The van der Waals surface area contributed by atoms with Crippen LogP contribution >= 0.6 is 0 Å². The Labute approximate surface area is 312 Å². The molecule has 0 amide bonds. The van der Waals surface area contributed by atoms with Gasteiger partial charge in [0, 0.05) is 27.3 Å². The number of fused-ring (bicyclic) bond motifs is 7. The summed E-state index contributed by atoms with van der Waals surface area (Å²) in [5.41, 5.74) is 12.8. The number of hydrogen-bond donors (Lipinski definition) is 0. The fraction of sp³-hybridized carbons (Fsp3) is 0. The van der Waals surface area contributed by atoms with Gasteiger partial charge in [0.1, 0.15) is 11.3 Å². The van der Waals surface area contributed by atoms with Gasteiger partial charge in [-0.3, -0.25) is 0 Å². The summed E-state index contributed by atoms with van der Waals surface area (Å²) in [7, 11) is 0. The standard InChI is InChI=1S/C52H32O2/c1-4-16-33(17-5-1)36-22-14-23-37(32-36)46-38-24-10-12-26-40(38)48(41-27-13-11-25-39(41)46)42-28-15-29-45-49(42)44-31-30-43-47(34-18-6-2-7-19-34)50(35-20-8-3-9-21-35)54-52(43)51(44)53-45/h1-32H. The van der Waals surface area contributed by atoms with E-state index in [1.54, 1.807) is 0 Å². The van der Waals surface area contributed by atoms with Crippen LogP contribution in [0, 0.1) is 0 Å². The van der Waals surface area contributed by atoms with Crippen molar-refractivity contribution in [1.82, 2.24) is 0 Å². The van der Waals surface area contributed by atoms with Gasteiger partial charge >= 0.3 is 0 Å². The minimum atomic E-state index is 0.760. The van der Waals surface area contributed by atoms with Crippen molar-refractivity contribution in [3.63, 3.8) is 0 Å². The van der Waals surface area contributed by atoms with Gasteiger partial charge in [-0.1, -0.05) is 170 Å². The molecule has 0 saturated carbocycles. The molecule has 9 aromatic carbocycles. The summed E-state index contributed by atoms with van der Waals surface area (Å²) < 4.78 is 13.7. The van der Waals surface area contributed by atoms with Crippen molar-refractivity contribution in [3.05, 3.63) is 194 Å². The first kappa shape index (κ1) is 30.5. The lowest BCUT2D eigenvalue weighted by Crippen LogP contribution is -1.91. The number of rotatable bonds is 5. The first-order chi connectivity index (χ1) is 26.8. The third kappa shape index (κ3) is 4.67. The van der Waals surface area contributed by atoms with Crippen molar-refractivity contribution in [2.24, 2.45) is 0 Å². The van der Waals surface area contributed by atoms with Gasteiger partial charge in [0.05, 0.1) is 0 Å². The maximum atomic E-state index is 6.88. The van der Waals surface area contributed by atoms with Crippen molar-refractivity contribution in [1.29, 1.82) is 0 Å². The highest BCUT2D eigenvalue weighted by atomic mass is 16.4. The van der Waals surface area contributed by atoms with E-state index in [0.717, 1.165) is 60.9 Å². The molecule has 2 heterocycles. The van der Waals surface area contributed by atoms with E-state index in [-0.39, 0.29) is 0 Å². The highest BCUT2D eigenvalue weighted by Gasteiger charge is 2.24. The first-order valence-corrected chi connectivity index (χ1v) is 18.4. The van der Waals surface area contributed by atoms with Crippen LogP contribution in [-0.4, -0.2) is 0 Å². The van der Waals surface area contributed by atoms with Gasteiger partial charge in [0.15, 0.2) is 11.2 Å². The molecular formula is C52H32O2. The van der Waals surface area contributed by atoms with Gasteiger partial charge in [-0.05, 0) is 84.8 Å². The molecule has 11 rings (SSSR count). The highest BCUT2D eigenvalue weighted by Crippen LogP contribution is 2.49. The molecule has 0 bridgehead atoms. The summed E-state index contributed by atoms with van der Waals surface area (Å²) in [6, 6.07) is 69.0. The van der Waals surface area contributed by atoms with Crippen molar-refractivity contribution in [2.75, 3.05) is 0 Å². The molecule has 2 nitrogen and oxygen atoms in total. The van der Waals surface area contributed by atoms with Crippen molar-refractivity contribution < 1.29 is 8.83 Å². The van der Waals surface area contributed by atoms with Crippen LogP contribution in [0.2, 0.25) is 0 Å². The molecule has 252 valence electrons. The summed E-state index contributed by atoms with van der Waals surface area (Å²) in [6.45, 7) is 0. The molecule has 0 saturated heterocycles. The summed E-state index contributed by atoms with van der Waals surface area (Å²) in [6.07, 6.45) is 0.